The highest BCUT2D eigenvalue weighted by Gasteiger charge is 2.31. The Morgan fingerprint density at radius 1 is 1.35 bits per heavy atom. The van der Waals surface area contributed by atoms with Crippen molar-refractivity contribution in [1.82, 2.24) is 5.32 Å². The molecule has 0 aromatic carbocycles. The van der Waals surface area contributed by atoms with Crippen LogP contribution in [0.15, 0.2) is 0 Å². The van der Waals surface area contributed by atoms with Crippen LogP contribution < -0.4 is 5.32 Å². The molecule has 3 N–H and O–H groups in total. The zero-order chi connectivity index (χ0) is 15.3. The van der Waals surface area contributed by atoms with Crippen LogP contribution in [0.2, 0.25) is 0 Å². The number of nitrogens with one attached hydrogen (secondary N) is 1. The summed E-state index contributed by atoms with van der Waals surface area (Å²) in [6.45, 7) is 5.38. The predicted molar refractivity (Wildman–Crippen MR) is 76.9 cm³/mol. The van der Waals surface area contributed by atoms with E-state index < -0.39 is 23.8 Å². The van der Waals surface area contributed by atoms with Crippen molar-refractivity contribution in [1.29, 1.82) is 0 Å². The molecule has 1 aliphatic carbocycles. The molecule has 0 radical (unpaired) electrons. The van der Waals surface area contributed by atoms with E-state index in [0.29, 0.717) is 19.3 Å². The van der Waals surface area contributed by atoms with E-state index in [1.807, 2.05) is 0 Å². The maximum absolute atomic E-state index is 11.6. The van der Waals surface area contributed by atoms with Crippen molar-refractivity contribution in [2.45, 2.75) is 63.0 Å². The van der Waals surface area contributed by atoms with Crippen molar-refractivity contribution >= 4 is 23.8 Å². The van der Waals surface area contributed by atoms with Crippen LogP contribution in [0, 0.1) is 0 Å². The second-order valence-electron chi connectivity index (χ2n) is 5.97. The van der Waals surface area contributed by atoms with Gasteiger partial charge < -0.3 is 20.3 Å². The zero-order valence-corrected chi connectivity index (χ0v) is 12.9. The number of amides is 1. The van der Waals surface area contributed by atoms with Gasteiger partial charge in [-0.05, 0) is 40.0 Å². The molecule has 0 aliphatic heterocycles. The summed E-state index contributed by atoms with van der Waals surface area (Å²) in [4.78, 5) is 22.1. The lowest BCUT2D eigenvalue weighted by atomic mass is 9.92. The number of ether oxygens (including phenoxy) is 1. The summed E-state index contributed by atoms with van der Waals surface area (Å²) in [7, 11) is 0. The maximum Gasteiger partial charge on any atom is 0.407 e. The van der Waals surface area contributed by atoms with E-state index in [4.69, 9.17) is 9.84 Å². The third-order valence-corrected chi connectivity index (χ3v) is 4.29. The SMILES string of the molecule is CC(C)(C)OC(=O)N[C@H]1CC[C@H](SCC(=O)O)[C@@H](O)C1. The van der Waals surface area contributed by atoms with Gasteiger partial charge in [0.05, 0.1) is 11.9 Å². The topological polar surface area (TPSA) is 95.9 Å². The van der Waals surface area contributed by atoms with Crippen LogP contribution in [0.5, 0.6) is 0 Å². The van der Waals surface area contributed by atoms with Crippen LogP contribution in [0.1, 0.15) is 40.0 Å². The number of thioether (sulfide) groups is 1. The first-order valence-corrected chi connectivity index (χ1v) is 7.73. The lowest BCUT2D eigenvalue weighted by Gasteiger charge is -2.33. The molecule has 0 spiro atoms. The van der Waals surface area contributed by atoms with Gasteiger partial charge in [-0.3, -0.25) is 4.79 Å². The van der Waals surface area contributed by atoms with Crippen LogP contribution >= 0.6 is 11.8 Å². The average molecular weight is 305 g/mol. The number of carboxylic acids is 1. The number of carboxylic acid groups (broad SMARTS) is 1. The van der Waals surface area contributed by atoms with Crippen molar-refractivity contribution in [3.63, 3.8) is 0 Å². The Hall–Kier alpha value is -0.950. The maximum atomic E-state index is 11.6. The first-order chi connectivity index (χ1) is 9.17. The van der Waals surface area contributed by atoms with E-state index in [-0.39, 0.29) is 17.0 Å². The monoisotopic (exact) mass is 305 g/mol. The summed E-state index contributed by atoms with van der Waals surface area (Å²) >= 11 is 1.25. The molecule has 1 rings (SSSR count). The number of hydrogen-bond donors (Lipinski definition) is 3. The first-order valence-electron chi connectivity index (χ1n) is 6.68. The van der Waals surface area contributed by atoms with Crippen molar-refractivity contribution in [3.8, 4) is 0 Å². The van der Waals surface area contributed by atoms with Gasteiger partial charge in [-0.15, -0.1) is 11.8 Å². The molecule has 0 aromatic heterocycles. The third kappa shape index (κ3) is 6.47. The smallest absolute Gasteiger partial charge is 0.407 e. The Kier molecular flexibility index (Phi) is 6.13. The van der Waals surface area contributed by atoms with Crippen LogP contribution in [0.4, 0.5) is 4.79 Å². The number of hydrogen-bond acceptors (Lipinski definition) is 5. The van der Waals surface area contributed by atoms with E-state index in [9.17, 15) is 14.7 Å². The fraction of sp³-hybridized carbons (Fsp3) is 0.846. The largest absolute Gasteiger partial charge is 0.481 e. The average Bonchev–Trinajstić information content (AvgIpc) is 2.24. The number of carbonyl (C=O) groups excluding carboxylic acids is 1. The van der Waals surface area contributed by atoms with Crippen LogP contribution in [0.3, 0.4) is 0 Å². The van der Waals surface area contributed by atoms with Gasteiger partial charge in [0.2, 0.25) is 0 Å². The molecule has 1 fully saturated rings. The second-order valence-corrected chi connectivity index (χ2v) is 7.19. The molecule has 0 heterocycles. The van der Waals surface area contributed by atoms with Crippen LogP contribution in [-0.2, 0) is 9.53 Å². The molecule has 6 nitrogen and oxygen atoms in total. The van der Waals surface area contributed by atoms with Crippen LogP contribution in [-0.4, -0.2) is 51.0 Å². The highest BCUT2D eigenvalue weighted by Crippen LogP contribution is 2.29. The van der Waals surface area contributed by atoms with Crippen molar-refractivity contribution < 1.29 is 24.5 Å². The summed E-state index contributed by atoms with van der Waals surface area (Å²) in [6, 6.07) is -0.124. The number of carbonyl (C=O) groups is 2. The Morgan fingerprint density at radius 2 is 2.00 bits per heavy atom. The first kappa shape index (κ1) is 17.1. The van der Waals surface area contributed by atoms with Gasteiger partial charge in [0.25, 0.3) is 0 Å². The van der Waals surface area contributed by atoms with Gasteiger partial charge in [0.1, 0.15) is 5.60 Å². The Balaban J connectivity index is 2.36. The highest BCUT2D eigenvalue weighted by molar-refractivity contribution is 8.00. The molecule has 116 valence electrons. The van der Waals surface area contributed by atoms with Crippen LogP contribution in [0.25, 0.3) is 0 Å². The summed E-state index contributed by atoms with van der Waals surface area (Å²) in [5.74, 6) is -0.887. The number of aliphatic hydroxyl groups is 1. The molecule has 0 unspecified atom stereocenters. The highest BCUT2D eigenvalue weighted by atomic mass is 32.2. The minimum absolute atomic E-state index is 0.00805. The van der Waals surface area contributed by atoms with E-state index >= 15 is 0 Å². The molecule has 7 heteroatoms. The molecule has 20 heavy (non-hydrogen) atoms. The van der Waals surface area contributed by atoms with Gasteiger partial charge in [-0.2, -0.15) is 0 Å². The molecule has 3 atom stereocenters. The predicted octanol–water partition coefficient (Wildman–Crippen LogP) is 1.61. The van der Waals surface area contributed by atoms with E-state index in [0.717, 1.165) is 0 Å². The van der Waals surface area contributed by atoms with Gasteiger partial charge in [-0.25, -0.2) is 4.79 Å². The lowest BCUT2D eigenvalue weighted by Crippen LogP contribution is -2.45. The third-order valence-electron chi connectivity index (χ3n) is 2.90. The quantitative estimate of drug-likeness (QED) is 0.730. The minimum atomic E-state index is -0.879. The molecule has 1 amide bonds. The summed E-state index contributed by atoms with van der Waals surface area (Å²) in [6.07, 6.45) is 0.739. The van der Waals surface area contributed by atoms with Crippen molar-refractivity contribution in [3.05, 3.63) is 0 Å². The number of aliphatic hydroxyl groups excluding tert-OH is 1. The van der Waals surface area contributed by atoms with Crippen molar-refractivity contribution in [2.24, 2.45) is 0 Å². The summed E-state index contributed by atoms with van der Waals surface area (Å²) in [5, 5.41) is 21.3. The number of alkyl carbamates (subject to hydrolysis) is 1. The van der Waals surface area contributed by atoms with Gasteiger partial charge in [0, 0.05) is 11.3 Å². The molecule has 1 saturated carbocycles. The molecule has 0 saturated heterocycles. The minimum Gasteiger partial charge on any atom is -0.481 e. The van der Waals surface area contributed by atoms with Gasteiger partial charge >= 0.3 is 12.1 Å². The zero-order valence-electron chi connectivity index (χ0n) is 12.1. The molecular weight excluding hydrogens is 282 g/mol. The molecule has 0 aromatic rings. The molecule has 1 aliphatic rings. The lowest BCUT2D eigenvalue weighted by molar-refractivity contribution is -0.133. The fourth-order valence-corrected chi connectivity index (χ4v) is 3.09. The van der Waals surface area contributed by atoms with E-state index in [2.05, 4.69) is 5.32 Å². The second kappa shape index (κ2) is 7.17. The van der Waals surface area contributed by atoms with Crippen molar-refractivity contribution in [2.75, 3.05) is 5.75 Å². The van der Waals surface area contributed by atoms with Gasteiger partial charge in [0.15, 0.2) is 0 Å². The molecular formula is C13H23NO5S. The Bertz CT molecular complexity index is 355. The summed E-state index contributed by atoms with van der Waals surface area (Å²) < 4.78 is 5.17. The van der Waals surface area contributed by atoms with E-state index in [1.165, 1.54) is 11.8 Å². The summed E-state index contributed by atoms with van der Waals surface area (Å²) in [5.41, 5.74) is -0.544. The number of rotatable bonds is 4. The number of aliphatic carboxylic acids is 1. The normalized spacial score (nSPS) is 26.9. The fourth-order valence-electron chi connectivity index (χ4n) is 2.10. The van der Waals surface area contributed by atoms with Gasteiger partial charge in [-0.1, -0.05) is 0 Å². The Morgan fingerprint density at radius 3 is 2.50 bits per heavy atom. The Labute approximate surface area is 123 Å². The van der Waals surface area contributed by atoms with E-state index in [1.54, 1.807) is 20.8 Å². The molecule has 0 bridgehead atoms. The standard InChI is InChI=1S/C13H23NO5S/c1-13(2,3)19-12(18)14-8-4-5-10(9(15)6-8)20-7-11(16)17/h8-10,15H,4-7H2,1-3H3,(H,14,18)(H,16,17)/t8-,9-,10-/m0/s1.